The van der Waals surface area contributed by atoms with Gasteiger partial charge in [-0.25, -0.2) is 0 Å². The van der Waals surface area contributed by atoms with Crippen molar-refractivity contribution in [2.75, 3.05) is 6.54 Å². The predicted octanol–water partition coefficient (Wildman–Crippen LogP) is 9.27. The minimum absolute atomic E-state index is 0.00851. The number of carbonyl (C=O) groups excluding carboxylic acids is 1. The summed E-state index contributed by atoms with van der Waals surface area (Å²) in [6.45, 7) is 7.67. The first-order chi connectivity index (χ1) is 14.8. The summed E-state index contributed by atoms with van der Waals surface area (Å²) in [5, 5.41) is 3.29. The van der Waals surface area contributed by atoms with Crippen molar-refractivity contribution in [3.05, 3.63) is 0 Å². The number of fused-ring (bicyclic) bond motifs is 1. The monoisotopic (exact) mass is 625 g/mol. The van der Waals surface area contributed by atoms with E-state index >= 15 is 0 Å². The summed E-state index contributed by atoms with van der Waals surface area (Å²) >= 11 is 11.4. The van der Waals surface area contributed by atoms with Crippen LogP contribution in [-0.2, 0) is 4.79 Å². The second kappa shape index (κ2) is 13.1. The van der Waals surface area contributed by atoms with Crippen LogP contribution < -0.4 is 5.32 Å². The van der Waals surface area contributed by atoms with Crippen LogP contribution in [0.3, 0.4) is 0 Å². The van der Waals surface area contributed by atoms with E-state index in [1.807, 2.05) is 0 Å². The van der Waals surface area contributed by atoms with Gasteiger partial charge in [-0.3, -0.25) is 4.79 Å². The molecular formula is C26H46Br3NO. The number of hydrogen-bond acceptors (Lipinski definition) is 1. The van der Waals surface area contributed by atoms with Gasteiger partial charge >= 0.3 is 0 Å². The van der Waals surface area contributed by atoms with Crippen molar-refractivity contribution >= 4 is 53.7 Å². The topological polar surface area (TPSA) is 29.1 Å². The van der Waals surface area contributed by atoms with Gasteiger partial charge in [-0.05, 0) is 24.7 Å². The highest BCUT2D eigenvalue weighted by molar-refractivity contribution is 9.24. The summed E-state index contributed by atoms with van der Waals surface area (Å²) in [5.74, 6) is 0.267. The van der Waals surface area contributed by atoms with E-state index in [2.05, 4.69) is 73.9 Å². The first kappa shape index (κ1) is 28.1. The highest BCUT2D eigenvalue weighted by atomic mass is 79.9. The summed E-state index contributed by atoms with van der Waals surface area (Å²) in [5.41, 5.74) is -0.159. The van der Waals surface area contributed by atoms with Crippen LogP contribution in [0.4, 0.5) is 0 Å². The Hall–Kier alpha value is 0.910. The number of alkyl halides is 3. The molecule has 5 heteroatoms. The zero-order valence-corrected chi connectivity index (χ0v) is 25.0. The number of amides is 1. The number of nitrogens with one attached hydrogen (secondary N) is 1. The fraction of sp³-hybridized carbons (Fsp3) is 0.962. The fourth-order valence-corrected chi connectivity index (χ4v) is 11.3. The molecule has 2 bridgehead atoms. The zero-order valence-electron chi connectivity index (χ0n) is 20.2. The van der Waals surface area contributed by atoms with Crippen LogP contribution >= 0.6 is 47.8 Å². The third-order valence-electron chi connectivity index (χ3n) is 8.71. The molecule has 3 rings (SSSR count). The van der Waals surface area contributed by atoms with Crippen molar-refractivity contribution in [3.8, 4) is 0 Å². The number of rotatable bonds is 17. The zero-order chi connectivity index (χ0) is 23.0. The van der Waals surface area contributed by atoms with Crippen molar-refractivity contribution in [3.63, 3.8) is 0 Å². The van der Waals surface area contributed by atoms with Gasteiger partial charge in [0.2, 0.25) is 5.91 Å². The third-order valence-corrected chi connectivity index (χ3v) is 11.9. The highest BCUT2D eigenvalue weighted by Gasteiger charge is 2.83. The molecule has 3 unspecified atom stereocenters. The highest BCUT2D eigenvalue weighted by Crippen LogP contribution is 2.82. The lowest BCUT2D eigenvalue weighted by Gasteiger charge is -2.66. The molecule has 0 heterocycles. The van der Waals surface area contributed by atoms with Crippen LogP contribution in [0.1, 0.15) is 124 Å². The van der Waals surface area contributed by atoms with E-state index in [4.69, 9.17) is 0 Å². The first-order valence-corrected chi connectivity index (χ1v) is 15.7. The van der Waals surface area contributed by atoms with E-state index in [-0.39, 0.29) is 30.7 Å². The number of hydrogen-bond donors (Lipinski definition) is 1. The van der Waals surface area contributed by atoms with Gasteiger partial charge in [0.15, 0.2) is 0 Å². The van der Waals surface area contributed by atoms with Gasteiger partial charge in [0, 0.05) is 16.8 Å². The molecule has 0 aromatic rings. The van der Waals surface area contributed by atoms with Crippen molar-refractivity contribution in [2.24, 2.45) is 16.2 Å². The lowest BCUT2D eigenvalue weighted by Crippen LogP contribution is -2.72. The normalized spacial score (nSPS) is 28.7. The van der Waals surface area contributed by atoms with Gasteiger partial charge in [-0.1, -0.05) is 152 Å². The van der Waals surface area contributed by atoms with E-state index in [9.17, 15) is 4.79 Å². The van der Waals surface area contributed by atoms with Gasteiger partial charge in [0.1, 0.15) is 0 Å². The molecule has 1 N–H and O–H groups in total. The molecule has 0 radical (unpaired) electrons. The first-order valence-electron chi connectivity index (χ1n) is 13.0. The predicted molar refractivity (Wildman–Crippen MR) is 146 cm³/mol. The van der Waals surface area contributed by atoms with Crippen molar-refractivity contribution in [2.45, 2.75) is 132 Å². The standard InChI is InChI=1S/C26H46Br3NO/c1-4-5-6-7-8-9-10-11-12-13-14-15-16-17-20-30-23(31)26-19-18-25(21(26)27,22(28)29)24(26,2)3/h21-22H,4-20H2,1-3H3,(H,30,31). The number of carbonyl (C=O) groups is 1. The number of unbranched alkanes of at least 4 members (excludes halogenated alkanes) is 13. The van der Waals surface area contributed by atoms with Crippen molar-refractivity contribution in [1.29, 1.82) is 0 Å². The van der Waals surface area contributed by atoms with Crippen LogP contribution in [0.25, 0.3) is 0 Å². The molecule has 3 saturated carbocycles. The van der Waals surface area contributed by atoms with Gasteiger partial charge in [0.05, 0.1) is 9.15 Å². The van der Waals surface area contributed by atoms with Gasteiger partial charge in [0.25, 0.3) is 0 Å². The Bertz CT molecular complexity index is 553. The Morgan fingerprint density at radius 1 is 0.839 bits per heavy atom. The Morgan fingerprint density at radius 3 is 1.68 bits per heavy atom. The number of halogens is 3. The second-order valence-corrected chi connectivity index (χ2v) is 14.6. The van der Waals surface area contributed by atoms with Crippen molar-refractivity contribution < 1.29 is 4.79 Å². The summed E-state index contributed by atoms with van der Waals surface area (Å²) < 4.78 is 0.237. The SMILES string of the molecule is CCCCCCCCCCCCCCCCNC(=O)C12CCC(C(Br)Br)(C1Br)C2(C)C. The second-order valence-electron chi connectivity index (χ2n) is 10.7. The van der Waals surface area contributed by atoms with E-state index in [1.165, 1.54) is 83.5 Å². The Balaban J connectivity index is 1.49. The molecule has 3 aliphatic rings. The summed E-state index contributed by atoms with van der Waals surface area (Å²) in [7, 11) is 0. The molecule has 3 atom stereocenters. The van der Waals surface area contributed by atoms with E-state index < -0.39 is 0 Å². The van der Waals surface area contributed by atoms with Crippen LogP contribution in [0.2, 0.25) is 0 Å². The van der Waals surface area contributed by atoms with Gasteiger partial charge in [-0.2, -0.15) is 0 Å². The molecule has 31 heavy (non-hydrogen) atoms. The molecule has 0 aromatic carbocycles. The van der Waals surface area contributed by atoms with Crippen LogP contribution in [0.5, 0.6) is 0 Å². The van der Waals surface area contributed by atoms with E-state index in [0.29, 0.717) is 0 Å². The van der Waals surface area contributed by atoms with Crippen LogP contribution in [0, 0.1) is 16.2 Å². The fourth-order valence-electron chi connectivity index (χ4n) is 6.38. The van der Waals surface area contributed by atoms with E-state index in [0.717, 1.165) is 25.8 Å². The quantitative estimate of drug-likeness (QED) is 0.126. The summed E-state index contributed by atoms with van der Waals surface area (Å²) in [4.78, 5) is 13.4. The average molecular weight is 628 g/mol. The minimum Gasteiger partial charge on any atom is -0.356 e. The van der Waals surface area contributed by atoms with Gasteiger partial charge in [-0.15, -0.1) is 0 Å². The molecule has 0 aliphatic heterocycles. The molecule has 3 aliphatic carbocycles. The maximum absolute atomic E-state index is 13.2. The lowest BCUT2D eigenvalue weighted by atomic mass is 9.43. The van der Waals surface area contributed by atoms with E-state index in [1.54, 1.807) is 0 Å². The van der Waals surface area contributed by atoms with Crippen LogP contribution in [-0.4, -0.2) is 21.0 Å². The minimum atomic E-state index is -0.261. The molecule has 3 fully saturated rings. The van der Waals surface area contributed by atoms with Crippen LogP contribution in [0.15, 0.2) is 0 Å². The molecule has 0 aromatic heterocycles. The Kier molecular flexibility index (Phi) is 11.9. The molecule has 0 spiro atoms. The van der Waals surface area contributed by atoms with Crippen molar-refractivity contribution in [1.82, 2.24) is 5.32 Å². The maximum atomic E-state index is 13.2. The Labute approximate surface area is 217 Å². The Morgan fingerprint density at radius 2 is 1.29 bits per heavy atom. The molecule has 0 saturated heterocycles. The molecule has 182 valence electrons. The lowest BCUT2D eigenvalue weighted by molar-refractivity contribution is -0.161. The molecule has 1 amide bonds. The average Bonchev–Trinajstić information content (AvgIpc) is 3.20. The molecule has 2 nitrogen and oxygen atoms in total. The summed E-state index contributed by atoms with van der Waals surface area (Å²) in [6.07, 6.45) is 21.2. The smallest absolute Gasteiger partial charge is 0.227 e. The van der Waals surface area contributed by atoms with Gasteiger partial charge < -0.3 is 5.32 Å². The molecular weight excluding hydrogens is 582 g/mol. The third kappa shape index (κ3) is 5.77. The largest absolute Gasteiger partial charge is 0.356 e. The maximum Gasteiger partial charge on any atom is 0.227 e. The summed E-state index contributed by atoms with van der Waals surface area (Å²) in [6, 6.07) is 0.